The van der Waals surface area contributed by atoms with E-state index in [0.29, 0.717) is 0 Å². The minimum absolute atomic E-state index is 0.893. The van der Waals surface area contributed by atoms with Crippen LogP contribution in [-0.2, 0) is 4.74 Å². The number of hydrogen-bond acceptors (Lipinski definition) is 3. The standard InChI is InChI=1S/C6H9NOS2/c1-3-8-4-2-7(1)6-9-5-10-6/h5H,1-4H2. The molecule has 0 amide bonds. The highest BCUT2D eigenvalue weighted by atomic mass is 32.2. The van der Waals surface area contributed by atoms with Crippen molar-refractivity contribution in [3.8, 4) is 0 Å². The van der Waals surface area contributed by atoms with Gasteiger partial charge in [-0.2, -0.15) is 0 Å². The first-order chi connectivity index (χ1) is 4.97. The molecule has 0 spiro atoms. The lowest BCUT2D eigenvalue weighted by molar-refractivity contribution is 0.0702. The van der Waals surface area contributed by atoms with E-state index in [1.807, 2.05) is 22.7 Å². The van der Waals surface area contributed by atoms with Gasteiger partial charge in [0.25, 0.3) is 0 Å². The van der Waals surface area contributed by atoms with Gasteiger partial charge >= 0.3 is 0 Å². The zero-order valence-corrected chi connectivity index (χ0v) is 7.21. The molecule has 0 aromatic heterocycles. The number of nitrogens with zero attached hydrogens (tertiary/aromatic N) is 1. The number of ether oxygens (including phenoxy) is 1. The molecule has 2 nitrogen and oxygen atoms in total. The van der Waals surface area contributed by atoms with Crippen LogP contribution in [0.2, 0.25) is 0 Å². The van der Waals surface area contributed by atoms with Crippen molar-refractivity contribution in [2.75, 3.05) is 26.3 Å². The highest BCUT2D eigenvalue weighted by Crippen LogP contribution is 2.17. The molecule has 1 saturated heterocycles. The van der Waals surface area contributed by atoms with Gasteiger partial charge in [0.15, 0.2) is 0 Å². The van der Waals surface area contributed by atoms with Gasteiger partial charge < -0.3 is 4.74 Å². The molecular formula is C6H9NOS2. The summed E-state index contributed by atoms with van der Waals surface area (Å²) in [5, 5.41) is 0. The number of hydrogen-bond donors (Lipinski definition) is 0. The lowest BCUT2D eigenvalue weighted by atomic mass is 10.5. The first-order valence-corrected chi connectivity index (χ1v) is 5.07. The molecule has 1 fully saturated rings. The fourth-order valence-electron chi connectivity index (χ4n) is 0.986. The largest absolute Gasteiger partial charge is 0.379 e. The van der Waals surface area contributed by atoms with Crippen molar-refractivity contribution in [1.82, 2.24) is 4.90 Å². The second-order valence-electron chi connectivity index (χ2n) is 2.20. The molecule has 2 aliphatic rings. The first kappa shape index (κ1) is 6.91. The normalized spacial score (nSPS) is 26.6. The molecule has 0 aromatic carbocycles. The lowest BCUT2D eigenvalue weighted by Gasteiger charge is -2.27. The third-order valence-electron chi connectivity index (χ3n) is 1.57. The summed E-state index contributed by atoms with van der Waals surface area (Å²) in [4.78, 5) is 2.39. The van der Waals surface area contributed by atoms with Crippen LogP contribution in [-0.4, -0.2) is 40.2 Å². The summed E-state index contributed by atoms with van der Waals surface area (Å²) in [6.07, 6.45) is 0. The fourth-order valence-corrected chi connectivity index (χ4v) is 2.38. The molecule has 10 heavy (non-hydrogen) atoms. The number of thioether (sulfide) groups is 1. The van der Waals surface area contributed by atoms with E-state index >= 15 is 0 Å². The van der Waals surface area contributed by atoms with Crippen molar-refractivity contribution in [2.45, 2.75) is 0 Å². The average Bonchev–Trinajstić information content (AvgIpc) is 1.86. The maximum atomic E-state index is 5.23. The van der Waals surface area contributed by atoms with Gasteiger partial charge in [0, 0.05) is 17.8 Å². The summed E-state index contributed by atoms with van der Waals surface area (Å²) < 4.78 is 8.84. The van der Waals surface area contributed by atoms with Crippen LogP contribution in [0.1, 0.15) is 0 Å². The van der Waals surface area contributed by atoms with Crippen LogP contribution in [0.3, 0.4) is 0 Å². The predicted octanol–water partition coefficient (Wildman–Crippen LogP) is 0.646. The van der Waals surface area contributed by atoms with Crippen molar-refractivity contribution in [3.05, 3.63) is 0 Å². The molecule has 2 rings (SSSR count). The molecule has 0 saturated carbocycles. The summed E-state index contributed by atoms with van der Waals surface area (Å²) >= 11 is 1.84. The minimum atomic E-state index is 0.893. The smallest absolute Gasteiger partial charge is 0.111 e. The molecule has 56 valence electrons. The highest BCUT2D eigenvalue weighted by molar-refractivity contribution is 8.48. The van der Waals surface area contributed by atoms with Gasteiger partial charge in [-0.15, -0.1) is 10.9 Å². The maximum Gasteiger partial charge on any atom is 0.111 e. The Labute approximate surface area is 68.1 Å². The molecule has 4 heteroatoms. The second-order valence-corrected chi connectivity index (χ2v) is 4.47. The summed E-state index contributed by atoms with van der Waals surface area (Å²) in [6, 6.07) is 0. The van der Waals surface area contributed by atoms with Crippen LogP contribution < -0.4 is 0 Å². The Bertz CT molecular complexity index is 192. The Kier molecular flexibility index (Phi) is 2.13. The lowest BCUT2D eigenvalue weighted by Crippen LogP contribution is -2.39. The van der Waals surface area contributed by atoms with Crippen molar-refractivity contribution in [2.24, 2.45) is 0 Å². The van der Waals surface area contributed by atoms with E-state index in [0.717, 1.165) is 26.3 Å². The van der Waals surface area contributed by atoms with Crippen molar-refractivity contribution in [1.29, 1.82) is 0 Å². The number of rotatable bonds is 0. The van der Waals surface area contributed by atoms with Gasteiger partial charge in [-0.1, -0.05) is 11.8 Å². The summed E-state index contributed by atoms with van der Waals surface area (Å²) in [7, 11) is 1.84. The quantitative estimate of drug-likeness (QED) is 0.501. The topological polar surface area (TPSA) is 12.5 Å². The van der Waals surface area contributed by atoms with Gasteiger partial charge in [-0.3, -0.25) is 4.90 Å². The predicted molar refractivity (Wildman–Crippen MR) is 48.6 cm³/mol. The molecule has 0 atom stereocenters. The van der Waals surface area contributed by atoms with Crippen molar-refractivity contribution >= 4 is 31.7 Å². The van der Waals surface area contributed by atoms with E-state index in [2.05, 4.69) is 9.60 Å². The average molecular weight is 175 g/mol. The number of morpholine rings is 1. The summed E-state index contributed by atoms with van der Waals surface area (Å²) in [5.74, 6) is 0. The van der Waals surface area contributed by atoms with Crippen LogP contribution in [0, 0.1) is 0 Å². The Morgan fingerprint density at radius 2 is 2.10 bits per heavy atom. The second kappa shape index (κ2) is 3.09. The monoisotopic (exact) mass is 175 g/mol. The van der Waals surface area contributed by atoms with Crippen molar-refractivity contribution < 1.29 is 4.74 Å². The zero-order valence-electron chi connectivity index (χ0n) is 5.58. The van der Waals surface area contributed by atoms with Gasteiger partial charge in [-0.25, -0.2) is 0 Å². The minimum Gasteiger partial charge on any atom is -0.379 e. The van der Waals surface area contributed by atoms with Crippen LogP contribution >= 0.6 is 22.7 Å². The molecular weight excluding hydrogens is 166 g/mol. The molecule has 0 N–H and O–H groups in total. The van der Waals surface area contributed by atoms with Gasteiger partial charge in [0.05, 0.1) is 13.2 Å². The summed E-state index contributed by atoms with van der Waals surface area (Å²) in [6.45, 7) is 3.93. The first-order valence-electron chi connectivity index (χ1n) is 3.31. The van der Waals surface area contributed by atoms with E-state index < -0.39 is 0 Å². The van der Waals surface area contributed by atoms with Crippen LogP contribution in [0.4, 0.5) is 0 Å². The van der Waals surface area contributed by atoms with E-state index in [1.165, 1.54) is 4.32 Å². The Morgan fingerprint density at radius 3 is 2.60 bits per heavy atom. The molecule has 0 aromatic rings. The van der Waals surface area contributed by atoms with Gasteiger partial charge in [0.2, 0.25) is 0 Å². The van der Waals surface area contributed by atoms with Crippen molar-refractivity contribution in [3.63, 3.8) is 0 Å². The molecule has 2 aliphatic heterocycles. The maximum absolute atomic E-state index is 5.23. The van der Waals surface area contributed by atoms with Gasteiger partial charge in [0.1, 0.15) is 4.32 Å². The van der Waals surface area contributed by atoms with E-state index in [9.17, 15) is 0 Å². The Hall–Kier alpha value is 0.230. The van der Waals surface area contributed by atoms with E-state index in [4.69, 9.17) is 4.74 Å². The van der Waals surface area contributed by atoms with E-state index in [-0.39, 0.29) is 0 Å². The molecule has 0 radical (unpaired) electrons. The summed E-state index contributed by atoms with van der Waals surface area (Å²) in [5.41, 5.74) is 0. The fraction of sp³-hybridized carbons (Fsp3) is 0.667. The molecule has 0 unspecified atom stereocenters. The Morgan fingerprint density at radius 1 is 1.40 bits per heavy atom. The van der Waals surface area contributed by atoms with Crippen LogP contribution in [0.5, 0.6) is 0 Å². The molecule has 0 bridgehead atoms. The van der Waals surface area contributed by atoms with Crippen LogP contribution in [0.15, 0.2) is 0 Å². The van der Waals surface area contributed by atoms with Crippen LogP contribution in [0.25, 0.3) is 0 Å². The third-order valence-corrected chi connectivity index (χ3v) is 3.83. The highest BCUT2D eigenvalue weighted by Gasteiger charge is 2.16. The molecule has 2 heterocycles. The SMILES string of the molecule is C1=S=C(N2CCOCC2)S1. The van der Waals surface area contributed by atoms with Gasteiger partial charge in [-0.05, 0) is 0 Å². The Balaban J connectivity index is 1.97. The third kappa shape index (κ3) is 1.29. The zero-order chi connectivity index (χ0) is 6.81. The molecule has 0 aliphatic carbocycles. The van der Waals surface area contributed by atoms with E-state index in [1.54, 1.807) is 0 Å².